The van der Waals surface area contributed by atoms with Gasteiger partial charge in [0.05, 0.1) is 11.0 Å². The molecule has 17 nitrogen and oxygen atoms in total. The van der Waals surface area contributed by atoms with E-state index >= 15 is 0 Å². The predicted octanol–water partition coefficient (Wildman–Crippen LogP) is 20.0. The zero-order valence-electron chi connectivity index (χ0n) is 60.6. The maximum Gasteiger partial charge on any atom is 0.303 e. The van der Waals surface area contributed by atoms with E-state index in [4.69, 9.17) is 35.4 Å². The van der Waals surface area contributed by atoms with Gasteiger partial charge < -0.3 is 50.5 Å². The summed E-state index contributed by atoms with van der Waals surface area (Å²) in [5, 5.41) is 72.0. The highest BCUT2D eigenvalue weighted by atomic mass is 16.5. The molecule has 8 N–H and O–H groups in total. The highest BCUT2D eigenvalue weighted by Crippen LogP contribution is 2.64. The number of likely N-dealkylation sites (N-methyl/N-ethyl adjacent to an activating group) is 1. The van der Waals surface area contributed by atoms with Gasteiger partial charge in [-0.3, -0.25) is 33.6 Å². The van der Waals surface area contributed by atoms with E-state index < -0.39 is 52.9 Å². The number of ketones is 1. The molecule has 4 atom stereocenters. The summed E-state index contributed by atoms with van der Waals surface area (Å²) in [6.45, 7) is 14.0. The first kappa shape index (κ1) is 91.3. The number of benzene rings is 1. The number of piperidine rings is 1. The number of nitrogens with zero attached hydrogens (tertiary/aromatic N) is 1. The number of phenolic OH excluding ortho intramolecular Hbond substituents is 1. The van der Waals surface area contributed by atoms with E-state index in [1.54, 1.807) is 6.07 Å². The summed E-state index contributed by atoms with van der Waals surface area (Å²) in [7, 11) is 2.04. The van der Waals surface area contributed by atoms with Gasteiger partial charge in [-0.2, -0.15) is 0 Å². The molecule has 548 valence electrons. The summed E-state index contributed by atoms with van der Waals surface area (Å²) in [6.07, 6.45) is 53.5. The van der Waals surface area contributed by atoms with Gasteiger partial charge in [-0.15, -0.1) is 0 Å². The van der Waals surface area contributed by atoms with Crippen LogP contribution in [0.1, 0.15) is 380 Å². The molecule has 2 fully saturated rings. The SMILES string of the molecule is CCCCCCCCCC(=O)O.CCCCCCCCCC(=O)O.CCCCCCCCCC(=O)O.CCCCCCCCCC(=O)O.CCCCCCCCCC(=O)O.CCCCCCCCCC(=O)O.CN1CC[C@]23c4c5ccc(O)c4O[C@H]2C(=O)CC[C@@]3(O)[C@H]1C5. The molecule has 1 saturated carbocycles. The lowest BCUT2D eigenvalue weighted by atomic mass is 9.49. The van der Waals surface area contributed by atoms with Gasteiger partial charge in [-0.05, 0) is 83.0 Å². The fourth-order valence-electron chi connectivity index (χ4n) is 12.9. The van der Waals surface area contributed by atoms with Crippen LogP contribution in [0.4, 0.5) is 0 Å². The summed E-state index contributed by atoms with van der Waals surface area (Å²) >= 11 is 0. The summed E-state index contributed by atoms with van der Waals surface area (Å²) in [5.74, 6) is -3.42. The number of aliphatic hydroxyl groups is 1. The molecule has 0 aromatic heterocycles. The van der Waals surface area contributed by atoms with Crippen LogP contribution < -0.4 is 4.74 Å². The molecule has 1 aromatic carbocycles. The molecule has 2 bridgehead atoms. The lowest BCUT2D eigenvalue weighted by Gasteiger charge is -2.61. The Bertz CT molecular complexity index is 1880. The van der Waals surface area contributed by atoms with Crippen LogP contribution in [0, 0.1) is 0 Å². The zero-order chi connectivity index (χ0) is 70.7. The van der Waals surface area contributed by atoms with Crippen LogP contribution in [0.2, 0.25) is 0 Å². The topological polar surface area (TPSA) is 294 Å². The number of aliphatic carboxylic acids is 6. The van der Waals surface area contributed by atoms with Crippen molar-refractivity contribution >= 4 is 41.6 Å². The fourth-order valence-corrected chi connectivity index (χ4v) is 12.9. The summed E-state index contributed by atoms with van der Waals surface area (Å²) in [6, 6.07) is 3.57. The molecule has 2 aliphatic heterocycles. The van der Waals surface area contributed by atoms with E-state index in [0.717, 1.165) is 101 Å². The second-order valence-electron chi connectivity index (χ2n) is 26.8. The first-order valence-electron chi connectivity index (χ1n) is 37.9. The Hall–Kier alpha value is -4.77. The molecule has 0 amide bonds. The second-order valence-corrected chi connectivity index (χ2v) is 26.8. The van der Waals surface area contributed by atoms with Crippen LogP contribution in [0.15, 0.2) is 12.1 Å². The number of carbonyl (C=O) groups excluding carboxylic acids is 1. The molecule has 1 saturated heterocycles. The number of carbonyl (C=O) groups is 7. The Labute approximate surface area is 570 Å². The number of carboxylic acids is 6. The van der Waals surface area contributed by atoms with Crippen molar-refractivity contribution in [2.45, 2.75) is 399 Å². The van der Waals surface area contributed by atoms with Gasteiger partial charge in [0.2, 0.25) is 0 Å². The molecule has 1 spiro atoms. The molecule has 1 aromatic rings. The minimum atomic E-state index is -0.954. The quantitative estimate of drug-likeness (QED) is 0.0281. The van der Waals surface area contributed by atoms with Crippen LogP contribution in [0.3, 0.4) is 0 Å². The average molecular weight is 1330 g/mol. The van der Waals surface area contributed by atoms with Crippen LogP contribution in [-0.4, -0.2) is 119 Å². The van der Waals surface area contributed by atoms with Crippen molar-refractivity contribution in [3.05, 3.63) is 23.3 Å². The molecule has 4 aliphatic rings. The number of phenols is 1. The van der Waals surface area contributed by atoms with Crippen molar-refractivity contribution < 1.29 is 79.2 Å². The van der Waals surface area contributed by atoms with E-state index in [-0.39, 0.29) is 17.6 Å². The molecule has 2 heterocycles. The predicted molar refractivity (Wildman–Crippen MR) is 380 cm³/mol. The molecule has 0 radical (unpaired) electrons. The van der Waals surface area contributed by atoms with E-state index in [2.05, 4.69) is 46.4 Å². The molecular formula is C77H139NO16. The van der Waals surface area contributed by atoms with Crippen molar-refractivity contribution in [2.75, 3.05) is 13.6 Å². The number of rotatable bonds is 48. The number of carboxylic acid groups (broad SMARTS) is 6. The first-order chi connectivity index (χ1) is 45.1. The molecule has 17 heteroatoms. The highest BCUT2D eigenvalue weighted by molar-refractivity contribution is 5.90. The van der Waals surface area contributed by atoms with Crippen LogP contribution in [-0.2, 0) is 45.4 Å². The Morgan fingerprint density at radius 1 is 0.415 bits per heavy atom. The third-order valence-electron chi connectivity index (χ3n) is 18.5. The van der Waals surface area contributed by atoms with Gasteiger partial charge in [-0.25, -0.2) is 0 Å². The van der Waals surface area contributed by atoms with E-state index in [1.807, 2.05) is 13.1 Å². The normalized spacial score (nSPS) is 17.6. The minimum Gasteiger partial charge on any atom is -0.504 e. The monoisotopic (exact) mass is 1330 g/mol. The van der Waals surface area contributed by atoms with Gasteiger partial charge in [-0.1, -0.05) is 279 Å². The Kier molecular flexibility index (Phi) is 58.9. The van der Waals surface area contributed by atoms with Gasteiger partial charge in [0.1, 0.15) is 0 Å². The number of hydrogen-bond acceptors (Lipinski definition) is 11. The Morgan fingerprint density at radius 2 is 0.670 bits per heavy atom. The Morgan fingerprint density at radius 3 is 0.926 bits per heavy atom. The highest BCUT2D eigenvalue weighted by Gasteiger charge is 2.72. The van der Waals surface area contributed by atoms with Crippen molar-refractivity contribution in [3.63, 3.8) is 0 Å². The second kappa shape index (κ2) is 60.6. The number of likely N-dealkylation sites (tertiary alicyclic amines) is 1. The van der Waals surface area contributed by atoms with Crippen LogP contribution in [0.5, 0.6) is 11.5 Å². The summed E-state index contributed by atoms with van der Waals surface area (Å²) in [5.41, 5.74) is 0.370. The van der Waals surface area contributed by atoms with Gasteiger partial charge >= 0.3 is 35.8 Å². The van der Waals surface area contributed by atoms with Gasteiger partial charge in [0.25, 0.3) is 0 Å². The molecule has 94 heavy (non-hydrogen) atoms. The first-order valence-corrected chi connectivity index (χ1v) is 37.9. The minimum absolute atomic E-state index is 0.00319. The number of ether oxygens (including phenoxy) is 1. The number of aromatic hydroxyl groups is 1. The van der Waals surface area contributed by atoms with E-state index in [9.17, 15) is 43.8 Å². The van der Waals surface area contributed by atoms with Gasteiger partial charge in [0, 0.05) is 56.6 Å². The number of unbranched alkanes of at least 4 members (excludes halogenated alkanes) is 36. The number of hydrogen-bond donors (Lipinski definition) is 8. The molecule has 5 rings (SSSR count). The smallest absolute Gasteiger partial charge is 0.303 e. The number of Topliss-reactive ketones (excluding diaryl/α,β-unsaturated/α-hetero) is 1. The zero-order valence-corrected chi connectivity index (χ0v) is 60.6. The van der Waals surface area contributed by atoms with Crippen molar-refractivity contribution in [1.82, 2.24) is 4.90 Å². The van der Waals surface area contributed by atoms with Crippen LogP contribution in [0.25, 0.3) is 0 Å². The van der Waals surface area contributed by atoms with Crippen molar-refractivity contribution in [3.8, 4) is 11.5 Å². The lowest BCUT2D eigenvalue weighted by Crippen LogP contribution is -2.76. The van der Waals surface area contributed by atoms with E-state index in [1.165, 1.54) is 193 Å². The third-order valence-corrected chi connectivity index (χ3v) is 18.5. The van der Waals surface area contributed by atoms with Gasteiger partial charge in [0.15, 0.2) is 23.4 Å². The van der Waals surface area contributed by atoms with Crippen LogP contribution >= 0.6 is 0 Å². The van der Waals surface area contributed by atoms with Crippen molar-refractivity contribution in [1.29, 1.82) is 0 Å². The van der Waals surface area contributed by atoms with E-state index in [0.29, 0.717) is 63.5 Å². The standard InChI is InChI=1S/C17H19NO4.6C10H20O2/c1-18-7-6-16-13-9-2-3-10(19)14(13)22-15(16)11(20)4-5-17(16,21)12(18)8-9;6*1-2-3-4-5-6-7-8-9-10(11)12/h2-3,12,15,19,21H,4-8H2,1H3;6*2-9H2,1H3,(H,11,12)/t12-,15+,16+,17-;;;;;;/m1....../s1. The average Bonchev–Trinajstić information content (AvgIpc) is 1.39. The molecule has 2 aliphatic carbocycles. The largest absolute Gasteiger partial charge is 0.504 e. The third kappa shape index (κ3) is 44.1. The summed E-state index contributed by atoms with van der Waals surface area (Å²) < 4.78 is 5.94. The fraction of sp³-hybridized carbons (Fsp3) is 0.831. The molecule has 0 unspecified atom stereocenters. The summed E-state index contributed by atoms with van der Waals surface area (Å²) in [4.78, 5) is 75.5. The lowest BCUT2D eigenvalue weighted by molar-refractivity contribution is -0.185. The molecular weight excluding hydrogens is 1190 g/mol. The maximum atomic E-state index is 12.5. The van der Waals surface area contributed by atoms with Crippen molar-refractivity contribution in [2.24, 2.45) is 0 Å². The Balaban J connectivity index is 0. The maximum absolute atomic E-state index is 12.5.